The lowest BCUT2D eigenvalue weighted by atomic mass is 9.90. The monoisotopic (exact) mass is 584 g/mol. The van der Waals surface area contributed by atoms with Gasteiger partial charge in [-0.3, -0.25) is 14.2 Å². The summed E-state index contributed by atoms with van der Waals surface area (Å²) in [5, 5.41) is 6.51. The molecule has 1 aliphatic heterocycles. The number of unbranched alkanes of at least 4 members (excludes halogenated alkanes) is 1. The topological polar surface area (TPSA) is 94.8 Å². The predicted octanol–water partition coefficient (Wildman–Crippen LogP) is 5.75. The summed E-state index contributed by atoms with van der Waals surface area (Å²) >= 11 is 0. The van der Waals surface area contributed by atoms with E-state index in [-0.39, 0.29) is 23.9 Å². The number of carbonyl (C=O) groups excluding carboxylic acids is 1. The summed E-state index contributed by atoms with van der Waals surface area (Å²) in [6.07, 6.45) is 9.46. The first kappa shape index (κ1) is 29.9. The standard InChI is InChI=1S/C34H37FN4O4/c1-5-6-11-31-29(34(41)39(22(3)37-31)26-14-15-32-25(17-26)16-21(2)43-32)18-24-13-12-23(19-30(24)35)27-9-7-8-10-28(27)33(36-20-40)38-42-4/h9-10,12-15,17,19-21H,5-8,11,16,18H2,1-4H3,(H,36,38,40). The number of amides is 1. The molecule has 1 aromatic heterocycles. The maximum atomic E-state index is 15.8. The van der Waals surface area contributed by atoms with Crippen molar-refractivity contribution in [3.63, 3.8) is 0 Å². The van der Waals surface area contributed by atoms with Crippen LogP contribution in [0.3, 0.4) is 0 Å². The van der Waals surface area contributed by atoms with Gasteiger partial charge in [0.15, 0.2) is 5.84 Å². The second kappa shape index (κ2) is 13.2. The number of fused-ring (bicyclic) bond motifs is 1. The SMILES string of the molecule is CCCCc1nc(C)n(-c2ccc3c(c2)CC(C)O3)c(=O)c1Cc1ccc(C2=CCCC=C2/C(=N/OC)NC=O)cc1F. The Kier molecular flexibility index (Phi) is 9.19. The first-order valence-corrected chi connectivity index (χ1v) is 14.8. The van der Waals surface area contributed by atoms with Crippen molar-refractivity contribution in [2.24, 2.45) is 5.16 Å². The molecule has 0 saturated heterocycles. The molecule has 9 heteroatoms. The lowest BCUT2D eigenvalue weighted by molar-refractivity contribution is -0.108. The van der Waals surface area contributed by atoms with Crippen molar-refractivity contribution in [2.75, 3.05) is 7.11 Å². The van der Waals surface area contributed by atoms with Gasteiger partial charge in [-0.1, -0.05) is 42.8 Å². The van der Waals surface area contributed by atoms with E-state index in [1.807, 2.05) is 50.3 Å². The number of allylic oxidation sites excluding steroid dienone is 2. The highest BCUT2D eigenvalue weighted by Crippen LogP contribution is 2.32. The van der Waals surface area contributed by atoms with Gasteiger partial charge in [-0.25, -0.2) is 9.37 Å². The summed E-state index contributed by atoms with van der Waals surface area (Å²) in [6, 6.07) is 10.8. The molecule has 1 aliphatic carbocycles. The van der Waals surface area contributed by atoms with Crippen LogP contribution in [-0.4, -0.2) is 35.0 Å². The Bertz CT molecular complexity index is 1690. The fourth-order valence-electron chi connectivity index (χ4n) is 5.82. The highest BCUT2D eigenvalue weighted by molar-refractivity contribution is 6.14. The van der Waals surface area contributed by atoms with Crippen molar-refractivity contribution in [2.45, 2.75) is 71.8 Å². The molecule has 1 atom stereocenters. The van der Waals surface area contributed by atoms with Gasteiger partial charge in [0.1, 0.15) is 30.6 Å². The van der Waals surface area contributed by atoms with Crippen molar-refractivity contribution in [1.29, 1.82) is 0 Å². The fourth-order valence-corrected chi connectivity index (χ4v) is 5.82. The average molecular weight is 585 g/mol. The maximum absolute atomic E-state index is 15.8. The highest BCUT2D eigenvalue weighted by Gasteiger charge is 2.23. The van der Waals surface area contributed by atoms with Gasteiger partial charge < -0.3 is 14.9 Å². The molecule has 0 spiro atoms. The van der Waals surface area contributed by atoms with Gasteiger partial charge in [-0.15, -0.1) is 0 Å². The number of nitrogens with one attached hydrogen (secondary N) is 1. The minimum absolute atomic E-state index is 0.0928. The number of hydrogen-bond acceptors (Lipinski definition) is 6. The van der Waals surface area contributed by atoms with Crippen LogP contribution in [0, 0.1) is 12.7 Å². The number of aryl methyl sites for hydroxylation is 2. The Balaban J connectivity index is 1.52. The largest absolute Gasteiger partial charge is 0.490 e. The number of rotatable bonds is 10. The van der Waals surface area contributed by atoms with Crippen LogP contribution >= 0.6 is 0 Å². The van der Waals surface area contributed by atoms with E-state index in [4.69, 9.17) is 14.6 Å². The first-order valence-electron chi connectivity index (χ1n) is 14.8. The fraction of sp³-hybridized carbons (Fsp3) is 0.353. The maximum Gasteiger partial charge on any atom is 0.261 e. The normalized spacial score (nSPS) is 16.2. The molecule has 2 aromatic carbocycles. The number of halogens is 1. The van der Waals surface area contributed by atoms with Crippen molar-refractivity contribution >= 4 is 17.8 Å². The second-order valence-electron chi connectivity index (χ2n) is 10.9. The Labute approximate surface area is 250 Å². The van der Waals surface area contributed by atoms with Gasteiger partial charge >= 0.3 is 0 Å². The third-order valence-corrected chi connectivity index (χ3v) is 7.85. The number of benzene rings is 2. The molecule has 2 heterocycles. The van der Waals surface area contributed by atoms with E-state index in [0.29, 0.717) is 46.6 Å². The zero-order chi connectivity index (χ0) is 30.5. The first-order chi connectivity index (χ1) is 20.8. The number of carbonyl (C=O) groups is 1. The van der Waals surface area contributed by atoms with E-state index in [0.717, 1.165) is 54.7 Å². The minimum Gasteiger partial charge on any atom is -0.490 e. The van der Waals surface area contributed by atoms with Crippen LogP contribution in [0.4, 0.5) is 4.39 Å². The molecular weight excluding hydrogens is 547 g/mol. The van der Waals surface area contributed by atoms with E-state index in [9.17, 15) is 9.59 Å². The summed E-state index contributed by atoms with van der Waals surface area (Å²) in [4.78, 5) is 35.1. The molecule has 8 nitrogen and oxygen atoms in total. The van der Waals surface area contributed by atoms with Gasteiger partial charge in [0.05, 0.1) is 11.4 Å². The Morgan fingerprint density at radius 2 is 2.05 bits per heavy atom. The molecule has 0 radical (unpaired) electrons. The van der Waals surface area contributed by atoms with Gasteiger partial charge in [0.2, 0.25) is 6.41 Å². The van der Waals surface area contributed by atoms with Crippen LogP contribution < -0.4 is 15.6 Å². The Morgan fingerprint density at radius 1 is 1.23 bits per heavy atom. The predicted molar refractivity (Wildman–Crippen MR) is 165 cm³/mol. The third-order valence-electron chi connectivity index (χ3n) is 7.85. The van der Waals surface area contributed by atoms with Crippen molar-refractivity contribution < 1.29 is 18.8 Å². The third kappa shape index (κ3) is 6.30. The zero-order valence-corrected chi connectivity index (χ0v) is 25.1. The van der Waals surface area contributed by atoms with Crippen LogP contribution in [0.5, 0.6) is 5.75 Å². The van der Waals surface area contributed by atoms with Crippen LogP contribution in [-0.2, 0) is 28.9 Å². The van der Waals surface area contributed by atoms with Gasteiger partial charge in [0, 0.05) is 24.0 Å². The van der Waals surface area contributed by atoms with E-state index in [1.54, 1.807) is 10.6 Å². The van der Waals surface area contributed by atoms with Gasteiger partial charge in [-0.05, 0) is 86.1 Å². The summed E-state index contributed by atoms with van der Waals surface area (Å²) < 4.78 is 23.3. The van der Waals surface area contributed by atoms with E-state index in [1.165, 1.54) is 13.2 Å². The molecule has 5 rings (SSSR count). The summed E-state index contributed by atoms with van der Waals surface area (Å²) in [6.45, 7) is 5.96. The molecule has 1 N–H and O–H groups in total. The quantitative estimate of drug-likeness (QED) is 0.142. The van der Waals surface area contributed by atoms with E-state index < -0.39 is 5.82 Å². The van der Waals surface area contributed by atoms with Crippen LogP contribution in [0.25, 0.3) is 11.3 Å². The Morgan fingerprint density at radius 3 is 2.79 bits per heavy atom. The number of hydrogen-bond donors (Lipinski definition) is 1. The molecule has 43 heavy (non-hydrogen) atoms. The van der Waals surface area contributed by atoms with Gasteiger partial charge in [-0.2, -0.15) is 0 Å². The highest BCUT2D eigenvalue weighted by atomic mass is 19.1. The molecule has 0 fully saturated rings. The summed E-state index contributed by atoms with van der Waals surface area (Å²) in [7, 11) is 1.40. The number of amidine groups is 1. The lowest BCUT2D eigenvalue weighted by Gasteiger charge is -2.19. The van der Waals surface area contributed by atoms with Crippen molar-refractivity contribution in [1.82, 2.24) is 14.9 Å². The molecule has 1 amide bonds. The molecule has 1 unspecified atom stereocenters. The van der Waals surface area contributed by atoms with Crippen molar-refractivity contribution in [3.05, 3.63) is 104 Å². The average Bonchev–Trinajstić information content (AvgIpc) is 3.37. The molecule has 0 bridgehead atoms. The van der Waals surface area contributed by atoms with Crippen LogP contribution in [0.2, 0.25) is 0 Å². The molecule has 3 aromatic rings. The zero-order valence-electron chi connectivity index (χ0n) is 25.1. The summed E-state index contributed by atoms with van der Waals surface area (Å²) in [5.74, 6) is 1.27. The molecule has 0 saturated carbocycles. The lowest BCUT2D eigenvalue weighted by Crippen LogP contribution is -2.28. The number of ether oxygens (including phenoxy) is 1. The second-order valence-corrected chi connectivity index (χ2v) is 10.9. The van der Waals surface area contributed by atoms with E-state index in [2.05, 4.69) is 17.4 Å². The van der Waals surface area contributed by atoms with Crippen LogP contribution in [0.15, 0.2) is 64.1 Å². The summed E-state index contributed by atoms with van der Waals surface area (Å²) in [5.41, 5.74) is 5.27. The number of aromatic nitrogens is 2. The Hall–Kier alpha value is -4.53. The smallest absolute Gasteiger partial charge is 0.261 e. The van der Waals surface area contributed by atoms with E-state index >= 15 is 4.39 Å². The molecular formula is C34H37FN4O4. The minimum atomic E-state index is -0.423. The van der Waals surface area contributed by atoms with Crippen molar-refractivity contribution in [3.8, 4) is 11.4 Å². The number of oxime groups is 1. The number of nitrogens with zero attached hydrogens (tertiary/aromatic N) is 3. The molecule has 2 aliphatic rings. The van der Waals surface area contributed by atoms with Crippen LogP contribution in [0.1, 0.15) is 73.3 Å². The van der Waals surface area contributed by atoms with Gasteiger partial charge in [0.25, 0.3) is 5.56 Å². The molecule has 224 valence electrons.